The van der Waals surface area contributed by atoms with Gasteiger partial charge < -0.3 is 24.8 Å². The van der Waals surface area contributed by atoms with E-state index in [2.05, 4.69) is 19.1 Å². The van der Waals surface area contributed by atoms with Gasteiger partial charge in [-0.2, -0.15) is 0 Å². The highest BCUT2D eigenvalue weighted by Crippen LogP contribution is 2.19. The van der Waals surface area contributed by atoms with Gasteiger partial charge in [-0.3, -0.25) is 0 Å². The molecule has 0 unspecified atom stereocenters. The Morgan fingerprint density at radius 2 is 1.41 bits per heavy atom. The largest absolute Gasteiger partial charge is 0.394 e. The number of aliphatic hydroxyl groups is 3. The van der Waals surface area contributed by atoms with Crippen molar-refractivity contribution in [3.8, 4) is 0 Å². The third-order valence-corrected chi connectivity index (χ3v) is 5.74. The zero-order chi connectivity index (χ0) is 21.2. The van der Waals surface area contributed by atoms with Crippen molar-refractivity contribution in [2.75, 3.05) is 19.8 Å². The Bertz CT molecular complexity index is 387. The highest BCUT2D eigenvalue weighted by molar-refractivity contribution is 4.89. The van der Waals surface area contributed by atoms with Crippen LogP contribution in [0.3, 0.4) is 0 Å². The van der Waals surface area contributed by atoms with Crippen LogP contribution in [-0.4, -0.2) is 59.6 Å². The predicted molar refractivity (Wildman–Crippen MR) is 118 cm³/mol. The second kappa shape index (κ2) is 18.3. The third kappa shape index (κ3) is 12.7. The minimum absolute atomic E-state index is 0.0879. The number of hydrogen-bond acceptors (Lipinski definition) is 5. The van der Waals surface area contributed by atoms with Crippen molar-refractivity contribution >= 4 is 0 Å². The molecule has 0 saturated carbocycles. The molecule has 5 heteroatoms. The number of aliphatic hydroxyl groups excluding tert-OH is 3. The Kier molecular flexibility index (Phi) is 16.8. The molecule has 0 aromatic carbocycles. The molecule has 0 bridgehead atoms. The molecule has 0 aromatic heterocycles. The molecule has 1 aliphatic rings. The van der Waals surface area contributed by atoms with E-state index >= 15 is 0 Å². The van der Waals surface area contributed by atoms with Gasteiger partial charge >= 0.3 is 0 Å². The summed E-state index contributed by atoms with van der Waals surface area (Å²) in [5.41, 5.74) is 0. The lowest BCUT2D eigenvalue weighted by Gasteiger charge is -2.24. The number of allylic oxidation sites excluding steroid dienone is 1. The van der Waals surface area contributed by atoms with Gasteiger partial charge in [0.05, 0.1) is 19.8 Å². The summed E-state index contributed by atoms with van der Waals surface area (Å²) in [7, 11) is 0. The molecular weight excluding hydrogens is 368 g/mol. The fourth-order valence-electron chi connectivity index (χ4n) is 3.83. The zero-order valence-electron chi connectivity index (χ0n) is 18.6. The Morgan fingerprint density at radius 1 is 0.862 bits per heavy atom. The van der Waals surface area contributed by atoms with E-state index in [1.807, 2.05) is 0 Å². The summed E-state index contributed by atoms with van der Waals surface area (Å²) in [4.78, 5) is 0. The Hall–Kier alpha value is -0.460. The van der Waals surface area contributed by atoms with Crippen molar-refractivity contribution in [3.63, 3.8) is 0 Å². The van der Waals surface area contributed by atoms with Crippen molar-refractivity contribution in [2.45, 2.75) is 121 Å². The lowest BCUT2D eigenvalue weighted by atomic mass is 10.0. The molecule has 0 aliphatic carbocycles. The van der Waals surface area contributed by atoms with Crippen LogP contribution in [0.5, 0.6) is 0 Å². The van der Waals surface area contributed by atoms with Crippen molar-refractivity contribution in [2.24, 2.45) is 0 Å². The molecule has 1 rings (SSSR count). The van der Waals surface area contributed by atoms with Crippen LogP contribution < -0.4 is 0 Å². The van der Waals surface area contributed by atoms with Crippen LogP contribution in [-0.2, 0) is 9.47 Å². The molecule has 29 heavy (non-hydrogen) atoms. The first kappa shape index (κ1) is 26.6. The van der Waals surface area contributed by atoms with Crippen molar-refractivity contribution < 1.29 is 24.8 Å². The van der Waals surface area contributed by atoms with Gasteiger partial charge in [-0.25, -0.2) is 0 Å². The van der Waals surface area contributed by atoms with Crippen molar-refractivity contribution in [3.05, 3.63) is 12.2 Å². The average molecular weight is 415 g/mol. The van der Waals surface area contributed by atoms with Gasteiger partial charge in [-0.15, -0.1) is 0 Å². The lowest BCUT2D eigenvalue weighted by molar-refractivity contribution is -0.0996. The maximum atomic E-state index is 9.82. The molecule has 1 aliphatic heterocycles. The van der Waals surface area contributed by atoms with E-state index in [0.29, 0.717) is 6.61 Å². The maximum Gasteiger partial charge on any atom is 0.114 e. The first-order valence-corrected chi connectivity index (χ1v) is 12.1. The second-order valence-corrected chi connectivity index (χ2v) is 8.39. The van der Waals surface area contributed by atoms with Gasteiger partial charge in [-0.1, -0.05) is 89.7 Å². The van der Waals surface area contributed by atoms with Gasteiger partial charge in [0.1, 0.15) is 24.4 Å². The summed E-state index contributed by atoms with van der Waals surface area (Å²) in [5, 5.41) is 28.7. The minimum Gasteiger partial charge on any atom is -0.394 e. The normalized spacial score (nSPS) is 23.2. The summed E-state index contributed by atoms with van der Waals surface area (Å²) in [6, 6.07) is 0. The summed E-state index contributed by atoms with van der Waals surface area (Å²) >= 11 is 0. The number of ether oxygens (including phenoxy) is 2. The van der Waals surface area contributed by atoms with E-state index in [1.165, 1.54) is 77.0 Å². The molecule has 4 atom stereocenters. The van der Waals surface area contributed by atoms with Crippen LogP contribution in [0.25, 0.3) is 0 Å². The standard InChI is InChI=1S/C24H46O5/c1-2-3-4-5-6-7-8-9-10-11-12-13-14-15-16-17-18-28-22(19-25)24-23(27)21(26)20-29-24/h15-16,21-27H,2-14,17-20H2,1H3/b16-15+/t21-,22+,23-,24-/m1/s1. The topological polar surface area (TPSA) is 79.2 Å². The fourth-order valence-corrected chi connectivity index (χ4v) is 3.83. The van der Waals surface area contributed by atoms with Crippen LogP contribution in [0.15, 0.2) is 12.2 Å². The van der Waals surface area contributed by atoms with E-state index in [-0.39, 0.29) is 13.2 Å². The Balaban J connectivity index is 1.87. The fraction of sp³-hybridized carbons (Fsp3) is 0.917. The molecule has 1 heterocycles. The monoisotopic (exact) mass is 414 g/mol. The van der Waals surface area contributed by atoms with Gasteiger partial charge in [0.25, 0.3) is 0 Å². The molecule has 0 radical (unpaired) electrons. The summed E-state index contributed by atoms with van der Waals surface area (Å²) in [6.07, 6.45) is 19.6. The smallest absolute Gasteiger partial charge is 0.114 e. The molecule has 172 valence electrons. The van der Waals surface area contributed by atoms with Gasteiger partial charge in [0.15, 0.2) is 0 Å². The van der Waals surface area contributed by atoms with Crippen LogP contribution >= 0.6 is 0 Å². The van der Waals surface area contributed by atoms with Gasteiger partial charge in [0, 0.05) is 0 Å². The molecule has 0 aromatic rings. The van der Waals surface area contributed by atoms with Crippen LogP contribution in [0.2, 0.25) is 0 Å². The zero-order valence-corrected chi connectivity index (χ0v) is 18.6. The van der Waals surface area contributed by atoms with Crippen LogP contribution in [0.4, 0.5) is 0 Å². The molecule has 5 nitrogen and oxygen atoms in total. The lowest BCUT2D eigenvalue weighted by Crippen LogP contribution is -2.42. The predicted octanol–water partition coefficient (Wildman–Crippen LogP) is 4.52. The average Bonchev–Trinajstić information content (AvgIpc) is 3.06. The number of hydrogen-bond donors (Lipinski definition) is 3. The summed E-state index contributed by atoms with van der Waals surface area (Å²) in [5.74, 6) is 0. The first-order chi connectivity index (χ1) is 14.2. The van der Waals surface area contributed by atoms with Crippen molar-refractivity contribution in [1.82, 2.24) is 0 Å². The van der Waals surface area contributed by atoms with E-state index in [1.54, 1.807) is 0 Å². The van der Waals surface area contributed by atoms with E-state index in [0.717, 1.165) is 12.8 Å². The Labute approximate surface area is 178 Å². The third-order valence-electron chi connectivity index (χ3n) is 5.74. The first-order valence-electron chi connectivity index (χ1n) is 12.1. The quantitative estimate of drug-likeness (QED) is 0.214. The highest BCUT2D eigenvalue weighted by Gasteiger charge is 2.40. The van der Waals surface area contributed by atoms with E-state index in [9.17, 15) is 15.3 Å². The number of unbranched alkanes of at least 4 members (excludes halogenated alkanes) is 12. The minimum atomic E-state index is -0.992. The van der Waals surface area contributed by atoms with Gasteiger partial charge in [0.2, 0.25) is 0 Å². The molecular formula is C24H46O5. The van der Waals surface area contributed by atoms with Crippen LogP contribution in [0.1, 0.15) is 96.8 Å². The van der Waals surface area contributed by atoms with E-state index < -0.39 is 24.4 Å². The molecule has 0 spiro atoms. The highest BCUT2D eigenvalue weighted by atomic mass is 16.6. The maximum absolute atomic E-state index is 9.82. The second-order valence-electron chi connectivity index (χ2n) is 8.39. The number of rotatable bonds is 19. The molecule has 1 saturated heterocycles. The summed E-state index contributed by atoms with van der Waals surface area (Å²) in [6.45, 7) is 2.61. The molecule has 0 amide bonds. The SMILES string of the molecule is CCCCCCCCCCCCCC/C=C/CCO[C@@H](CO)[C@H]1OC[C@@H](O)[C@H]1O. The Morgan fingerprint density at radius 3 is 1.93 bits per heavy atom. The molecule has 1 fully saturated rings. The van der Waals surface area contributed by atoms with Crippen LogP contribution in [0, 0.1) is 0 Å². The van der Waals surface area contributed by atoms with E-state index in [4.69, 9.17) is 9.47 Å². The van der Waals surface area contributed by atoms with Crippen molar-refractivity contribution in [1.29, 1.82) is 0 Å². The summed E-state index contributed by atoms with van der Waals surface area (Å²) < 4.78 is 10.9. The van der Waals surface area contributed by atoms with Gasteiger partial charge in [-0.05, 0) is 19.3 Å². The molecule has 3 N–H and O–H groups in total.